The number of nitrogens with zero attached hydrogens (tertiary/aromatic N) is 1. The van der Waals surface area contributed by atoms with E-state index in [-0.39, 0.29) is 12.1 Å². The zero-order valence-corrected chi connectivity index (χ0v) is 13.5. The minimum Gasteiger partial charge on any atom is -0.368 e. The van der Waals surface area contributed by atoms with Crippen LogP contribution in [0.25, 0.3) is 0 Å². The fraction of sp³-hybridized carbons (Fsp3) is 0.188. The molecule has 1 aromatic heterocycles. The Morgan fingerprint density at radius 1 is 1.17 bits per heavy atom. The Kier molecular flexibility index (Phi) is 5.97. The minimum atomic E-state index is -0.971. The number of pyridine rings is 1. The van der Waals surface area contributed by atoms with E-state index in [0.717, 1.165) is 0 Å². The number of carbonyl (C=O) groups excluding carboxylic acids is 2. The number of primary amides is 1. The number of amides is 3. The first-order chi connectivity index (χ1) is 11.5. The third-order valence-electron chi connectivity index (χ3n) is 3.30. The summed E-state index contributed by atoms with van der Waals surface area (Å²) < 4.78 is 1.46. The molecular formula is C16H17ClN4O3. The van der Waals surface area contributed by atoms with Gasteiger partial charge in [-0.1, -0.05) is 29.8 Å². The van der Waals surface area contributed by atoms with E-state index >= 15 is 0 Å². The van der Waals surface area contributed by atoms with Gasteiger partial charge in [0.15, 0.2) is 0 Å². The summed E-state index contributed by atoms with van der Waals surface area (Å²) >= 11 is 5.80. The van der Waals surface area contributed by atoms with E-state index in [2.05, 4.69) is 10.6 Å². The Morgan fingerprint density at radius 2 is 1.88 bits per heavy atom. The van der Waals surface area contributed by atoms with Gasteiger partial charge in [-0.25, -0.2) is 4.79 Å². The first kappa shape index (κ1) is 17.6. The van der Waals surface area contributed by atoms with Gasteiger partial charge in [-0.3, -0.25) is 9.59 Å². The zero-order chi connectivity index (χ0) is 17.5. The fourth-order valence-corrected chi connectivity index (χ4v) is 2.22. The van der Waals surface area contributed by atoms with E-state index in [0.29, 0.717) is 17.1 Å². The molecule has 1 aromatic carbocycles. The summed E-state index contributed by atoms with van der Waals surface area (Å²) in [7, 11) is 0. The van der Waals surface area contributed by atoms with Crippen molar-refractivity contribution in [3.63, 3.8) is 0 Å². The molecule has 0 aliphatic carbocycles. The van der Waals surface area contributed by atoms with Gasteiger partial charge in [-0.05, 0) is 23.8 Å². The van der Waals surface area contributed by atoms with Crippen LogP contribution in [0.5, 0.6) is 0 Å². The third kappa shape index (κ3) is 4.85. The molecule has 3 amide bonds. The van der Waals surface area contributed by atoms with Crippen LogP contribution in [0.15, 0.2) is 53.5 Å². The second-order valence-corrected chi connectivity index (χ2v) is 5.46. The molecule has 1 unspecified atom stereocenters. The lowest BCUT2D eigenvalue weighted by Gasteiger charge is -2.16. The second kappa shape index (κ2) is 8.16. The van der Waals surface area contributed by atoms with Gasteiger partial charge < -0.3 is 20.9 Å². The highest BCUT2D eigenvalue weighted by molar-refractivity contribution is 6.30. The van der Waals surface area contributed by atoms with Crippen molar-refractivity contribution in [2.75, 3.05) is 6.54 Å². The molecule has 0 radical (unpaired) electrons. The Bertz CT molecular complexity index is 773. The summed E-state index contributed by atoms with van der Waals surface area (Å²) in [6.45, 7) is 0.539. The van der Waals surface area contributed by atoms with Crippen molar-refractivity contribution in [1.82, 2.24) is 15.2 Å². The molecule has 0 bridgehead atoms. The monoisotopic (exact) mass is 348 g/mol. The molecule has 126 valence electrons. The normalized spacial score (nSPS) is 11.5. The molecule has 0 aliphatic heterocycles. The van der Waals surface area contributed by atoms with Gasteiger partial charge in [-0.2, -0.15) is 0 Å². The summed E-state index contributed by atoms with van der Waals surface area (Å²) in [5.74, 6) is -0.688. The SMILES string of the molecule is NC(=O)C(NC(=O)NCCn1ccccc1=O)c1ccc(Cl)cc1. The fourth-order valence-electron chi connectivity index (χ4n) is 2.09. The Labute approximate surface area is 143 Å². The number of aromatic nitrogens is 1. The molecule has 0 saturated heterocycles. The summed E-state index contributed by atoms with van der Waals surface area (Å²) in [5.41, 5.74) is 5.71. The van der Waals surface area contributed by atoms with E-state index < -0.39 is 18.0 Å². The lowest BCUT2D eigenvalue weighted by Crippen LogP contribution is -2.44. The van der Waals surface area contributed by atoms with Crippen molar-refractivity contribution in [3.8, 4) is 0 Å². The van der Waals surface area contributed by atoms with Crippen LogP contribution in [0.2, 0.25) is 5.02 Å². The quantitative estimate of drug-likeness (QED) is 0.725. The van der Waals surface area contributed by atoms with E-state index in [1.807, 2.05) is 0 Å². The summed E-state index contributed by atoms with van der Waals surface area (Å²) in [6, 6.07) is 9.71. The maximum Gasteiger partial charge on any atom is 0.315 e. The Morgan fingerprint density at radius 3 is 2.50 bits per heavy atom. The molecule has 0 fully saturated rings. The van der Waals surface area contributed by atoms with Crippen LogP contribution in [-0.2, 0) is 11.3 Å². The number of hydrogen-bond donors (Lipinski definition) is 3. The average Bonchev–Trinajstić information content (AvgIpc) is 2.55. The summed E-state index contributed by atoms with van der Waals surface area (Å²) in [5, 5.41) is 5.59. The molecule has 1 heterocycles. The Balaban J connectivity index is 1.91. The minimum absolute atomic E-state index is 0.157. The number of hydrogen-bond acceptors (Lipinski definition) is 3. The van der Waals surface area contributed by atoms with Crippen molar-refractivity contribution in [2.45, 2.75) is 12.6 Å². The predicted molar refractivity (Wildman–Crippen MR) is 90.6 cm³/mol. The van der Waals surface area contributed by atoms with Crippen LogP contribution < -0.4 is 21.9 Å². The predicted octanol–water partition coefficient (Wildman–Crippen LogP) is 1.03. The van der Waals surface area contributed by atoms with E-state index in [1.54, 1.807) is 42.6 Å². The number of nitrogens with one attached hydrogen (secondary N) is 2. The van der Waals surface area contributed by atoms with Crippen LogP contribution in [0.4, 0.5) is 4.79 Å². The molecule has 2 rings (SSSR count). The highest BCUT2D eigenvalue weighted by atomic mass is 35.5. The zero-order valence-electron chi connectivity index (χ0n) is 12.7. The van der Waals surface area contributed by atoms with Crippen LogP contribution in [0, 0.1) is 0 Å². The van der Waals surface area contributed by atoms with E-state index in [4.69, 9.17) is 17.3 Å². The first-order valence-electron chi connectivity index (χ1n) is 7.22. The molecule has 24 heavy (non-hydrogen) atoms. The number of urea groups is 1. The first-order valence-corrected chi connectivity index (χ1v) is 7.60. The molecule has 0 spiro atoms. The summed E-state index contributed by atoms with van der Waals surface area (Å²) in [6.07, 6.45) is 1.63. The largest absolute Gasteiger partial charge is 0.368 e. The molecule has 8 heteroatoms. The van der Waals surface area contributed by atoms with Gasteiger partial charge in [0, 0.05) is 30.4 Å². The lowest BCUT2D eigenvalue weighted by molar-refractivity contribution is -0.119. The number of carbonyl (C=O) groups is 2. The summed E-state index contributed by atoms with van der Waals surface area (Å²) in [4.78, 5) is 35.0. The molecule has 1 atom stereocenters. The highest BCUT2D eigenvalue weighted by Crippen LogP contribution is 2.16. The van der Waals surface area contributed by atoms with Crippen LogP contribution >= 0.6 is 11.6 Å². The van der Waals surface area contributed by atoms with Crippen molar-refractivity contribution in [2.24, 2.45) is 5.73 Å². The smallest absolute Gasteiger partial charge is 0.315 e. The van der Waals surface area contributed by atoms with Gasteiger partial charge >= 0.3 is 6.03 Å². The molecular weight excluding hydrogens is 332 g/mol. The maximum absolute atomic E-state index is 11.9. The van der Waals surface area contributed by atoms with Crippen LogP contribution in [-0.4, -0.2) is 23.1 Å². The topological polar surface area (TPSA) is 106 Å². The number of nitrogens with two attached hydrogens (primary N) is 1. The maximum atomic E-state index is 11.9. The Hall–Kier alpha value is -2.80. The van der Waals surface area contributed by atoms with Crippen molar-refractivity contribution in [3.05, 3.63) is 69.6 Å². The van der Waals surface area contributed by atoms with Crippen LogP contribution in [0.1, 0.15) is 11.6 Å². The molecule has 2 aromatic rings. The number of halogens is 1. The number of benzene rings is 1. The molecule has 4 N–H and O–H groups in total. The second-order valence-electron chi connectivity index (χ2n) is 5.02. The van der Waals surface area contributed by atoms with E-state index in [1.165, 1.54) is 10.6 Å². The highest BCUT2D eigenvalue weighted by Gasteiger charge is 2.19. The average molecular weight is 349 g/mol. The van der Waals surface area contributed by atoms with Gasteiger partial charge in [-0.15, -0.1) is 0 Å². The standard InChI is InChI=1S/C16H17ClN4O3/c17-12-6-4-11(5-7-12)14(15(18)23)20-16(24)19-8-10-21-9-2-1-3-13(21)22/h1-7,9,14H,8,10H2,(H2,18,23)(H2,19,20,24). The number of rotatable bonds is 6. The molecule has 0 aliphatic rings. The van der Waals surface area contributed by atoms with Gasteiger partial charge in [0.25, 0.3) is 5.56 Å². The molecule has 0 saturated carbocycles. The third-order valence-corrected chi connectivity index (χ3v) is 3.55. The van der Waals surface area contributed by atoms with Crippen molar-refractivity contribution >= 4 is 23.5 Å². The lowest BCUT2D eigenvalue weighted by atomic mass is 10.1. The van der Waals surface area contributed by atoms with E-state index in [9.17, 15) is 14.4 Å². The van der Waals surface area contributed by atoms with Gasteiger partial charge in [0.05, 0.1) is 0 Å². The van der Waals surface area contributed by atoms with Crippen LogP contribution in [0.3, 0.4) is 0 Å². The van der Waals surface area contributed by atoms with Crippen molar-refractivity contribution in [1.29, 1.82) is 0 Å². The molecule has 7 nitrogen and oxygen atoms in total. The van der Waals surface area contributed by atoms with Gasteiger partial charge in [0.1, 0.15) is 6.04 Å². The van der Waals surface area contributed by atoms with Gasteiger partial charge in [0.2, 0.25) is 5.91 Å². The van der Waals surface area contributed by atoms with Crippen molar-refractivity contribution < 1.29 is 9.59 Å².